The van der Waals surface area contributed by atoms with Crippen LogP contribution in [0.15, 0.2) is 77.6 Å². The molecule has 1 atom stereocenters. The molecular formula is C37H40N8O5. The molecule has 2 aromatic heterocycles. The molecule has 2 saturated heterocycles. The van der Waals surface area contributed by atoms with E-state index in [1.54, 1.807) is 23.7 Å². The number of ether oxygens (including phenoxy) is 1. The average Bonchev–Trinajstić information content (AvgIpc) is 3.37. The number of piperidine rings is 1. The van der Waals surface area contributed by atoms with Gasteiger partial charge in [0.15, 0.2) is 5.82 Å². The van der Waals surface area contributed by atoms with Crippen LogP contribution in [-0.4, -0.2) is 73.9 Å². The standard InChI is InChI=1S/C37H40N8O5/c1-42-34-25(6-4-9-29(34)45(37(42)49)30-15-16-33(47)39-36(30)48)7-5-21-50-26-13-11-24(12-14-26)23-43-17-19-44(20-18-43)31-22-28(40-41-35(31)38)27-8-2-3-10-32(27)46/h2-4,6,8-14,22,30,46H,5,7,15-21,23H2,1H3,(H2,38,41)(H,39,47,48). The van der Waals surface area contributed by atoms with Crippen LogP contribution in [0.2, 0.25) is 0 Å². The molecule has 13 nitrogen and oxygen atoms in total. The molecule has 7 rings (SSSR count). The van der Waals surface area contributed by atoms with Crippen LogP contribution in [0.5, 0.6) is 11.5 Å². The van der Waals surface area contributed by atoms with Gasteiger partial charge in [-0.15, -0.1) is 10.2 Å². The van der Waals surface area contributed by atoms with Crippen molar-refractivity contribution >= 4 is 34.4 Å². The van der Waals surface area contributed by atoms with Gasteiger partial charge in [0, 0.05) is 51.8 Å². The Hall–Kier alpha value is -5.69. The zero-order valence-corrected chi connectivity index (χ0v) is 27.9. The largest absolute Gasteiger partial charge is 0.507 e. The highest BCUT2D eigenvalue weighted by Gasteiger charge is 2.31. The number of imide groups is 1. The van der Waals surface area contributed by atoms with Gasteiger partial charge in [0.05, 0.1) is 29.0 Å². The number of anilines is 2. The molecule has 0 radical (unpaired) electrons. The topological polar surface area (TPSA) is 161 Å². The summed E-state index contributed by atoms with van der Waals surface area (Å²) in [4.78, 5) is 42.0. The number of nitrogens with one attached hydrogen (secondary N) is 1. The van der Waals surface area contributed by atoms with E-state index in [1.807, 2.05) is 48.5 Å². The average molecular weight is 677 g/mol. The summed E-state index contributed by atoms with van der Waals surface area (Å²) < 4.78 is 9.18. The highest BCUT2D eigenvalue weighted by Crippen LogP contribution is 2.32. The zero-order chi connectivity index (χ0) is 34.8. The van der Waals surface area contributed by atoms with Crippen LogP contribution in [0.4, 0.5) is 11.5 Å². The minimum absolute atomic E-state index is 0.155. The molecule has 0 bridgehead atoms. The molecule has 0 aliphatic carbocycles. The van der Waals surface area contributed by atoms with E-state index in [0.29, 0.717) is 42.0 Å². The van der Waals surface area contributed by atoms with E-state index in [9.17, 15) is 19.5 Å². The molecule has 5 aromatic rings. The number of benzene rings is 3. The van der Waals surface area contributed by atoms with Gasteiger partial charge in [-0.05, 0) is 66.8 Å². The van der Waals surface area contributed by atoms with Gasteiger partial charge in [0.2, 0.25) is 11.8 Å². The minimum Gasteiger partial charge on any atom is -0.507 e. The summed E-state index contributed by atoms with van der Waals surface area (Å²) in [5.41, 5.74) is 11.7. The lowest BCUT2D eigenvalue weighted by Crippen LogP contribution is -2.46. The van der Waals surface area contributed by atoms with Gasteiger partial charge in [0.25, 0.3) is 0 Å². The Labute approximate surface area is 288 Å². The number of para-hydroxylation sites is 2. The fourth-order valence-electron chi connectivity index (χ4n) is 6.97. The number of nitrogens with two attached hydrogens (primary N) is 1. The Morgan fingerprint density at radius 2 is 1.74 bits per heavy atom. The summed E-state index contributed by atoms with van der Waals surface area (Å²) in [5.74, 6) is 0.585. The van der Waals surface area contributed by atoms with Crippen molar-refractivity contribution in [1.82, 2.24) is 29.5 Å². The number of hydrogen-bond donors (Lipinski definition) is 3. The number of carbonyl (C=O) groups is 2. The molecule has 258 valence electrons. The van der Waals surface area contributed by atoms with Crippen molar-refractivity contribution in [1.29, 1.82) is 0 Å². The van der Waals surface area contributed by atoms with Crippen molar-refractivity contribution in [3.8, 4) is 22.8 Å². The van der Waals surface area contributed by atoms with Crippen LogP contribution >= 0.6 is 0 Å². The monoisotopic (exact) mass is 676 g/mol. The third-order valence-corrected chi connectivity index (χ3v) is 9.59. The van der Waals surface area contributed by atoms with Gasteiger partial charge in [-0.3, -0.25) is 28.9 Å². The van der Waals surface area contributed by atoms with Gasteiger partial charge in [-0.1, -0.05) is 36.4 Å². The molecule has 50 heavy (non-hydrogen) atoms. The maximum atomic E-state index is 13.2. The van der Waals surface area contributed by atoms with E-state index < -0.39 is 11.9 Å². The van der Waals surface area contributed by atoms with Crippen LogP contribution in [0.25, 0.3) is 22.3 Å². The first-order valence-corrected chi connectivity index (χ1v) is 16.9. The Balaban J connectivity index is 0.908. The first-order valence-electron chi connectivity index (χ1n) is 16.9. The molecule has 2 aliphatic heterocycles. The first kappa shape index (κ1) is 32.8. The molecule has 0 spiro atoms. The van der Waals surface area contributed by atoms with Crippen molar-refractivity contribution in [2.24, 2.45) is 7.05 Å². The lowest BCUT2D eigenvalue weighted by molar-refractivity contribution is -0.135. The second-order valence-electron chi connectivity index (χ2n) is 12.8. The van der Waals surface area contributed by atoms with E-state index in [-0.39, 0.29) is 23.8 Å². The molecule has 4 N–H and O–H groups in total. The Morgan fingerprint density at radius 3 is 2.50 bits per heavy atom. The summed E-state index contributed by atoms with van der Waals surface area (Å²) in [7, 11) is 1.72. The van der Waals surface area contributed by atoms with Crippen molar-refractivity contribution in [3.05, 3.63) is 94.4 Å². The smallest absolute Gasteiger partial charge is 0.329 e. The third kappa shape index (κ3) is 6.64. The summed E-state index contributed by atoms with van der Waals surface area (Å²) in [6.07, 6.45) is 1.96. The fraction of sp³-hybridized carbons (Fsp3) is 0.324. The summed E-state index contributed by atoms with van der Waals surface area (Å²) >= 11 is 0. The van der Waals surface area contributed by atoms with E-state index >= 15 is 0 Å². The SMILES string of the molecule is Cn1c(=O)n(C2CCC(=O)NC2=O)c2cccc(CCCOc3ccc(CN4CCN(c5cc(-c6ccccc6O)nnc5N)CC4)cc3)c21. The van der Waals surface area contributed by atoms with Gasteiger partial charge in [-0.2, -0.15) is 0 Å². The number of aromatic nitrogens is 4. The Bertz CT molecular complexity index is 2100. The number of carbonyl (C=O) groups excluding carboxylic acids is 2. The van der Waals surface area contributed by atoms with E-state index in [2.05, 4.69) is 37.4 Å². The van der Waals surface area contributed by atoms with Gasteiger partial charge in [-0.25, -0.2) is 4.79 Å². The molecule has 2 amide bonds. The third-order valence-electron chi connectivity index (χ3n) is 9.59. The number of aryl methyl sites for hydroxylation is 2. The number of rotatable bonds is 10. The number of phenolic OH excluding ortho intramolecular Hbond substituents is 1. The first-order chi connectivity index (χ1) is 24.3. The summed E-state index contributed by atoms with van der Waals surface area (Å²) in [6, 6.07) is 22.2. The minimum atomic E-state index is -0.704. The summed E-state index contributed by atoms with van der Waals surface area (Å²) in [6.45, 7) is 4.64. The van der Waals surface area contributed by atoms with E-state index in [0.717, 1.165) is 61.7 Å². The van der Waals surface area contributed by atoms with Crippen molar-refractivity contribution in [3.63, 3.8) is 0 Å². The van der Waals surface area contributed by atoms with Gasteiger partial charge >= 0.3 is 5.69 Å². The predicted octanol–water partition coefficient (Wildman–Crippen LogP) is 3.40. The predicted molar refractivity (Wildman–Crippen MR) is 190 cm³/mol. The molecule has 13 heteroatoms. The highest BCUT2D eigenvalue weighted by molar-refractivity contribution is 6.00. The highest BCUT2D eigenvalue weighted by atomic mass is 16.5. The number of amides is 2. The maximum absolute atomic E-state index is 13.2. The lowest BCUT2D eigenvalue weighted by atomic mass is 10.0. The lowest BCUT2D eigenvalue weighted by Gasteiger charge is -2.36. The van der Waals surface area contributed by atoms with Gasteiger partial charge < -0.3 is 20.5 Å². The van der Waals surface area contributed by atoms with E-state index in [4.69, 9.17) is 10.5 Å². The molecule has 2 fully saturated rings. The number of nitrogen functional groups attached to an aromatic ring is 1. The van der Waals surface area contributed by atoms with E-state index in [1.165, 1.54) is 10.1 Å². The Morgan fingerprint density at radius 1 is 0.960 bits per heavy atom. The number of fused-ring (bicyclic) bond motifs is 1. The van der Waals surface area contributed by atoms with Crippen LogP contribution in [0.1, 0.15) is 36.4 Å². The van der Waals surface area contributed by atoms with Crippen LogP contribution in [0, 0.1) is 0 Å². The van der Waals surface area contributed by atoms with Crippen molar-refractivity contribution in [2.45, 2.75) is 38.3 Å². The molecule has 0 saturated carbocycles. The zero-order valence-electron chi connectivity index (χ0n) is 27.9. The normalized spacial score (nSPS) is 16.9. The number of nitrogens with zero attached hydrogens (tertiary/aromatic N) is 6. The molecular weight excluding hydrogens is 636 g/mol. The number of hydrogen-bond acceptors (Lipinski definition) is 10. The second-order valence-corrected chi connectivity index (χ2v) is 12.8. The maximum Gasteiger partial charge on any atom is 0.329 e. The van der Waals surface area contributed by atoms with Crippen LogP contribution in [-0.2, 0) is 29.6 Å². The van der Waals surface area contributed by atoms with Crippen molar-refractivity contribution in [2.75, 3.05) is 43.4 Å². The van der Waals surface area contributed by atoms with Crippen LogP contribution < -0.4 is 26.4 Å². The van der Waals surface area contributed by atoms with Crippen LogP contribution in [0.3, 0.4) is 0 Å². The van der Waals surface area contributed by atoms with Crippen molar-refractivity contribution < 1.29 is 19.4 Å². The quantitative estimate of drug-likeness (QED) is 0.148. The number of piperazine rings is 1. The second kappa shape index (κ2) is 14.0. The van der Waals surface area contributed by atoms with Gasteiger partial charge in [0.1, 0.15) is 17.5 Å². The number of aromatic hydroxyl groups is 1. The fourth-order valence-corrected chi connectivity index (χ4v) is 6.97. The molecule has 4 heterocycles. The number of phenols is 1. The molecule has 1 unspecified atom stereocenters. The molecule has 3 aromatic carbocycles. The molecule has 2 aliphatic rings. The summed E-state index contributed by atoms with van der Waals surface area (Å²) in [5, 5.41) is 21.0. The Kier molecular flexibility index (Phi) is 9.22. The number of imidazole rings is 1.